The first-order valence-corrected chi connectivity index (χ1v) is 13.6. The quantitative estimate of drug-likeness (QED) is 0.284. The van der Waals surface area contributed by atoms with Gasteiger partial charge in [0, 0.05) is 29.3 Å². The number of fused-ring (bicyclic) bond motifs is 1. The molecule has 1 aliphatic rings. The second kappa shape index (κ2) is 11.5. The van der Waals surface area contributed by atoms with E-state index >= 15 is 0 Å². The summed E-state index contributed by atoms with van der Waals surface area (Å²) in [5.74, 6) is -0.230. The van der Waals surface area contributed by atoms with Crippen molar-refractivity contribution in [1.82, 2.24) is 29.8 Å². The summed E-state index contributed by atoms with van der Waals surface area (Å²) in [7, 11) is 1.86. The number of anilines is 2. The smallest absolute Gasteiger partial charge is 0.244 e. The number of nitrogens with zero attached hydrogens (tertiary/aromatic N) is 7. The Balaban J connectivity index is 1.22. The molecule has 1 atom stereocenters. The summed E-state index contributed by atoms with van der Waals surface area (Å²) in [6.45, 7) is 2.00. The molecule has 41 heavy (non-hydrogen) atoms. The van der Waals surface area contributed by atoms with E-state index in [2.05, 4.69) is 20.7 Å². The van der Waals surface area contributed by atoms with Crippen LogP contribution >= 0.6 is 23.2 Å². The van der Waals surface area contributed by atoms with Crippen LogP contribution in [0.25, 0.3) is 16.6 Å². The number of hydrogen-bond acceptors (Lipinski definition) is 8. The van der Waals surface area contributed by atoms with E-state index in [1.54, 1.807) is 39.2 Å². The summed E-state index contributed by atoms with van der Waals surface area (Å²) in [6, 6.07) is 18.2. The SMILES string of the molecule is Cc1ccc(CC(C(=O)Nc2ccc3nn(C)cc3c2)N2CON(c3cc(Cl)ccc3-n3cc(Cl)nn3)CO2)cc1. The fraction of sp³-hybridized carbons (Fsp3) is 0.214. The lowest BCUT2D eigenvalue weighted by Gasteiger charge is -2.38. The molecular weight excluding hydrogens is 567 g/mol. The summed E-state index contributed by atoms with van der Waals surface area (Å²) in [6.07, 6.45) is 3.89. The second-order valence-electron chi connectivity index (χ2n) is 9.70. The summed E-state index contributed by atoms with van der Waals surface area (Å²) >= 11 is 12.3. The maximum Gasteiger partial charge on any atom is 0.244 e. The predicted octanol–water partition coefficient (Wildman–Crippen LogP) is 4.92. The number of aryl methyl sites for hydroxylation is 2. The summed E-state index contributed by atoms with van der Waals surface area (Å²) in [4.78, 5) is 25.9. The highest BCUT2D eigenvalue weighted by Crippen LogP contribution is 2.30. The van der Waals surface area contributed by atoms with E-state index in [0.717, 1.165) is 22.0 Å². The van der Waals surface area contributed by atoms with Crippen LogP contribution in [-0.2, 0) is 27.9 Å². The molecule has 5 aromatic rings. The van der Waals surface area contributed by atoms with Crippen LogP contribution in [0.15, 0.2) is 73.1 Å². The summed E-state index contributed by atoms with van der Waals surface area (Å²) < 4.78 is 3.26. The highest BCUT2D eigenvalue weighted by atomic mass is 35.5. The second-order valence-corrected chi connectivity index (χ2v) is 10.5. The Morgan fingerprint density at radius 3 is 2.56 bits per heavy atom. The lowest BCUT2D eigenvalue weighted by molar-refractivity contribution is -0.279. The third-order valence-corrected chi connectivity index (χ3v) is 7.09. The lowest BCUT2D eigenvalue weighted by atomic mass is 10.0. The molecule has 1 fully saturated rings. The molecule has 0 spiro atoms. The number of hydrogen-bond donors (Lipinski definition) is 1. The molecule has 0 bridgehead atoms. The zero-order valence-corrected chi connectivity index (χ0v) is 23.7. The molecule has 6 rings (SSSR count). The van der Waals surface area contributed by atoms with Gasteiger partial charge in [0.2, 0.25) is 5.91 Å². The fourth-order valence-electron chi connectivity index (χ4n) is 4.62. The van der Waals surface area contributed by atoms with Gasteiger partial charge in [-0.05, 0) is 55.3 Å². The molecule has 1 aliphatic heterocycles. The van der Waals surface area contributed by atoms with Crippen molar-refractivity contribution in [2.45, 2.75) is 19.4 Å². The Kier molecular flexibility index (Phi) is 7.61. The lowest BCUT2D eigenvalue weighted by Crippen LogP contribution is -2.52. The molecule has 0 saturated carbocycles. The zero-order chi connectivity index (χ0) is 28.5. The van der Waals surface area contributed by atoms with Gasteiger partial charge in [-0.25, -0.2) is 9.75 Å². The van der Waals surface area contributed by atoms with Crippen LogP contribution < -0.4 is 10.4 Å². The van der Waals surface area contributed by atoms with Crippen molar-refractivity contribution in [3.8, 4) is 5.69 Å². The summed E-state index contributed by atoms with van der Waals surface area (Å²) in [5, 5.41) is 20.1. The number of nitrogens with one attached hydrogen (secondary N) is 1. The Bertz CT molecular complexity index is 1700. The molecule has 13 heteroatoms. The van der Waals surface area contributed by atoms with E-state index in [0.29, 0.717) is 28.5 Å². The van der Waals surface area contributed by atoms with Gasteiger partial charge in [-0.3, -0.25) is 19.2 Å². The first-order chi connectivity index (χ1) is 19.8. The summed E-state index contributed by atoms with van der Waals surface area (Å²) in [5.41, 5.74) is 4.89. The van der Waals surface area contributed by atoms with Crippen molar-refractivity contribution in [1.29, 1.82) is 0 Å². The molecule has 1 unspecified atom stereocenters. The Morgan fingerprint density at radius 1 is 1.00 bits per heavy atom. The molecule has 2 aromatic heterocycles. The Morgan fingerprint density at radius 2 is 1.83 bits per heavy atom. The number of rotatable bonds is 7. The largest absolute Gasteiger partial charge is 0.325 e. The monoisotopic (exact) mass is 592 g/mol. The highest BCUT2D eigenvalue weighted by Gasteiger charge is 2.32. The number of aromatic nitrogens is 5. The van der Waals surface area contributed by atoms with E-state index in [4.69, 9.17) is 32.9 Å². The van der Waals surface area contributed by atoms with Gasteiger partial charge in [0.25, 0.3) is 0 Å². The van der Waals surface area contributed by atoms with Gasteiger partial charge in [0.15, 0.2) is 18.6 Å². The van der Waals surface area contributed by atoms with Crippen LogP contribution in [0.3, 0.4) is 0 Å². The van der Waals surface area contributed by atoms with E-state index in [1.807, 2.05) is 62.6 Å². The third kappa shape index (κ3) is 6.04. The van der Waals surface area contributed by atoms with Crippen LogP contribution in [0.1, 0.15) is 11.1 Å². The molecule has 1 amide bonds. The minimum absolute atomic E-state index is 0.00487. The number of hydroxylamine groups is 3. The topological polar surface area (TPSA) is 103 Å². The van der Waals surface area contributed by atoms with Crippen molar-refractivity contribution in [3.63, 3.8) is 0 Å². The Hall–Kier alpha value is -4.00. The van der Waals surface area contributed by atoms with E-state index in [1.165, 1.54) is 4.68 Å². The van der Waals surface area contributed by atoms with Gasteiger partial charge in [-0.15, -0.1) is 10.2 Å². The molecule has 0 aliphatic carbocycles. The fourth-order valence-corrected chi connectivity index (χ4v) is 4.92. The van der Waals surface area contributed by atoms with Crippen molar-refractivity contribution in [2.75, 3.05) is 23.8 Å². The zero-order valence-electron chi connectivity index (χ0n) is 22.2. The van der Waals surface area contributed by atoms with E-state index in [-0.39, 0.29) is 24.5 Å². The molecule has 11 nitrogen and oxygen atoms in total. The maximum absolute atomic E-state index is 13.7. The standard InChI is InChI=1S/C28H26Cl2N8O3/c1-18-3-5-19(6-4-18)11-26(28(39)31-22-8-9-23-20(12-22)14-35(2)33-23)38-17-40-37(16-41-38)25-13-21(29)7-10-24(25)36-15-27(30)32-34-36/h3-10,12-15,26H,11,16-17H2,1-2H3,(H,31,39). The van der Waals surface area contributed by atoms with Crippen molar-refractivity contribution in [2.24, 2.45) is 7.05 Å². The number of halogens is 2. The molecule has 0 radical (unpaired) electrons. The molecular formula is C28H26Cl2N8O3. The first kappa shape index (κ1) is 27.2. The first-order valence-electron chi connectivity index (χ1n) is 12.8. The number of amides is 1. The van der Waals surface area contributed by atoms with Crippen LogP contribution in [0.4, 0.5) is 11.4 Å². The van der Waals surface area contributed by atoms with Crippen molar-refractivity contribution < 1.29 is 14.5 Å². The van der Waals surface area contributed by atoms with Crippen LogP contribution in [0.2, 0.25) is 10.2 Å². The van der Waals surface area contributed by atoms with Gasteiger partial charge >= 0.3 is 0 Å². The van der Waals surface area contributed by atoms with Crippen molar-refractivity contribution in [3.05, 3.63) is 94.4 Å². The molecule has 210 valence electrons. The molecule has 3 aromatic carbocycles. The maximum atomic E-state index is 13.7. The number of carbonyl (C=O) groups is 1. The minimum atomic E-state index is -0.683. The average Bonchev–Trinajstić information content (AvgIpc) is 3.56. The molecule has 1 N–H and O–H groups in total. The van der Waals surface area contributed by atoms with Crippen molar-refractivity contribution >= 4 is 51.4 Å². The van der Waals surface area contributed by atoms with Crippen LogP contribution in [0.5, 0.6) is 0 Å². The molecule has 3 heterocycles. The van der Waals surface area contributed by atoms with E-state index < -0.39 is 6.04 Å². The number of carbonyl (C=O) groups excluding carboxylic acids is 1. The van der Waals surface area contributed by atoms with Gasteiger partial charge in [-0.1, -0.05) is 58.2 Å². The van der Waals surface area contributed by atoms with Gasteiger partial charge < -0.3 is 5.32 Å². The Labute approximate surface area is 245 Å². The average molecular weight is 593 g/mol. The molecule has 1 saturated heterocycles. The minimum Gasteiger partial charge on any atom is -0.325 e. The van der Waals surface area contributed by atoms with E-state index in [9.17, 15) is 4.79 Å². The normalized spacial score (nSPS) is 14.9. The van der Waals surface area contributed by atoms with Crippen LogP contribution in [-0.4, -0.2) is 55.2 Å². The number of benzene rings is 3. The van der Waals surface area contributed by atoms with Gasteiger partial charge in [-0.2, -0.15) is 5.10 Å². The third-order valence-electron chi connectivity index (χ3n) is 6.69. The predicted molar refractivity (Wildman–Crippen MR) is 156 cm³/mol. The van der Waals surface area contributed by atoms with Crippen LogP contribution in [0, 0.1) is 6.92 Å². The highest BCUT2D eigenvalue weighted by molar-refractivity contribution is 6.31. The van der Waals surface area contributed by atoms with Gasteiger partial charge in [0.1, 0.15) is 6.04 Å². The van der Waals surface area contributed by atoms with Gasteiger partial charge in [0.05, 0.1) is 23.1 Å².